The highest BCUT2D eigenvalue weighted by Gasteiger charge is 2.60. The smallest absolute Gasteiger partial charge is 0.212 e. The Morgan fingerprint density at radius 1 is 1.09 bits per heavy atom. The number of amidine groups is 1. The Hall–Kier alpha value is -2.14. The van der Waals surface area contributed by atoms with Gasteiger partial charge < -0.3 is 15.9 Å². The molecule has 2 aliphatic rings. The summed E-state index contributed by atoms with van der Waals surface area (Å²) < 4.78 is 5.93. The van der Waals surface area contributed by atoms with Crippen molar-refractivity contribution in [1.29, 1.82) is 5.41 Å². The molecule has 1 aliphatic heterocycles. The monoisotopic (exact) mass is 470 g/mol. The van der Waals surface area contributed by atoms with E-state index in [0.717, 1.165) is 49.8 Å². The zero-order valence-electron chi connectivity index (χ0n) is 22.7. The predicted molar refractivity (Wildman–Crippen MR) is 148 cm³/mol. The van der Waals surface area contributed by atoms with Crippen molar-refractivity contribution < 1.29 is 4.74 Å². The van der Waals surface area contributed by atoms with Crippen molar-refractivity contribution in [3.05, 3.63) is 47.4 Å². The molecule has 1 saturated carbocycles. The molecule has 192 valence electrons. The Morgan fingerprint density at radius 2 is 1.76 bits per heavy atom. The second kappa shape index (κ2) is 16.5. The summed E-state index contributed by atoms with van der Waals surface area (Å²) in [5.74, 6) is 1.92. The molecule has 2 unspecified atom stereocenters. The van der Waals surface area contributed by atoms with E-state index in [4.69, 9.17) is 15.9 Å². The first kappa shape index (κ1) is 29.9. The molecular weight excluding hydrogens is 420 g/mol. The SMILES string of the molecule is CC.CCCCCCCOC1=CC2(N(CCC)CCC)CC2C(N)=N1.Cc1cccc(C=N)c1. The van der Waals surface area contributed by atoms with E-state index in [1.54, 1.807) is 0 Å². The molecule has 0 bridgehead atoms. The van der Waals surface area contributed by atoms with Gasteiger partial charge in [-0.1, -0.05) is 90.1 Å². The summed E-state index contributed by atoms with van der Waals surface area (Å²) in [7, 11) is 0. The summed E-state index contributed by atoms with van der Waals surface area (Å²) >= 11 is 0. The van der Waals surface area contributed by atoms with Gasteiger partial charge in [-0.05, 0) is 57.3 Å². The molecule has 3 N–H and O–H groups in total. The number of ether oxygens (including phenoxy) is 1. The maximum atomic E-state index is 6.92. The number of aryl methyl sites for hydroxylation is 1. The Bertz CT molecular complexity index is 767. The summed E-state index contributed by atoms with van der Waals surface area (Å²) in [6.07, 6.45) is 13.3. The van der Waals surface area contributed by atoms with Gasteiger partial charge in [-0.3, -0.25) is 4.90 Å². The zero-order valence-corrected chi connectivity index (χ0v) is 22.7. The Balaban J connectivity index is 0.000000437. The van der Waals surface area contributed by atoms with Crippen LogP contribution in [0.4, 0.5) is 0 Å². The molecule has 0 aromatic heterocycles. The molecular formula is C29H50N4O. The van der Waals surface area contributed by atoms with Crippen LogP contribution in [-0.2, 0) is 4.74 Å². The van der Waals surface area contributed by atoms with E-state index in [-0.39, 0.29) is 5.54 Å². The molecule has 5 nitrogen and oxygen atoms in total. The summed E-state index contributed by atoms with van der Waals surface area (Å²) in [5.41, 5.74) is 8.46. The average molecular weight is 471 g/mol. The number of hydrogen-bond acceptors (Lipinski definition) is 5. The summed E-state index contributed by atoms with van der Waals surface area (Å²) in [4.78, 5) is 7.08. The third-order valence-electron chi connectivity index (χ3n) is 6.23. The van der Waals surface area contributed by atoms with E-state index >= 15 is 0 Å². The van der Waals surface area contributed by atoms with Crippen molar-refractivity contribution in [2.45, 2.75) is 98.4 Å². The Morgan fingerprint density at radius 3 is 2.32 bits per heavy atom. The molecule has 3 rings (SSSR count). The highest BCUT2D eigenvalue weighted by atomic mass is 16.5. The number of hydrogen-bond donors (Lipinski definition) is 2. The number of nitrogens with one attached hydrogen (secondary N) is 1. The van der Waals surface area contributed by atoms with Gasteiger partial charge in [-0.15, -0.1) is 0 Å². The van der Waals surface area contributed by atoms with Gasteiger partial charge in [-0.25, -0.2) is 4.99 Å². The van der Waals surface area contributed by atoms with Crippen molar-refractivity contribution in [1.82, 2.24) is 4.90 Å². The van der Waals surface area contributed by atoms with Crippen LogP contribution in [0.25, 0.3) is 0 Å². The number of fused-ring (bicyclic) bond motifs is 1. The van der Waals surface area contributed by atoms with Crippen LogP contribution in [0, 0.1) is 18.3 Å². The fourth-order valence-corrected chi connectivity index (χ4v) is 4.46. The number of nitrogens with zero attached hydrogens (tertiary/aromatic N) is 2. The number of benzene rings is 1. The van der Waals surface area contributed by atoms with E-state index in [2.05, 4.69) is 36.7 Å². The number of nitrogens with two attached hydrogens (primary N) is 1. The van der Waals surface area contributed by atoms with Crippen molar-refractivity contribution in [2.75, 3.05) is 19.7 Å². The van der Waals surface area contributed by atoms with Crippen LogP contribution in [0.1, 0.15) is 97.1 Å². The maximum Gasteiger partial charge on any atom is 0.212 e. The zero-order chi connectivity index (χ0) is 25.4. The van der Waals surface area contributed by atoms with Gasteiger partial charge in [0.1, 0.15) is 5.84 Å². The van der Waals surface area contributed by atoms with Crippen LogP contribution in [0.5, 0.6) is 0 Å². The molecule has 1 aromatic rings. The first-order valence-corrected chi connectivity index (χ1v) is 13.5. The molecule has 1 fully saturated rings. The normalized spacial score (nSPS) is 20.0. The number of rotatable bonds is 13. The van der Waals surface area contributed by atoms with Crippen LogP contribution < -0.4 is 5.73 Å². The first-order valence-electron chi connectivity index (χ1n) is 13.5. The highest BCUT2D eigenvalue weighted by molar-refractivity contribution is 5.90. The quantitative estimate of drug-likeness (QED) is 0.239. The van der Waals surface area contributed by atoms with Gasteiger partial charge in [0.15, 0.2) is 0 Å². The molecule has 0 amide bonds. The minimum atomic E-state index is 0.0927. The molecule has 5 heteroatoms. The van der Waals surface area contributed by atoms with Crippen LogP contribution in [0.15, 0.2) is 41.2 Å². The molecule has 34 heavy (non-hydrogen) atoms. The summed E-state index contributed by atoms with van der Waals surface area (Å²) in [6, 6.07) is 7.87. The fourth-order valence-electron chi connectivity index (χ4n) is 4.46. The molecule has 1 aromatic carbocycles. The highest BCUT2D eigenvalue weighted by Crippen LogP contribution is 2.52. The first-order chi connectivity index (χ1) is 16.5. The number of unbranched alkanes of at least 4 members (excludes halogenated alkanes) is 4. The van der Waals surface area contributed by atoms with Gasteiger partial charge in [0, 0.05) is 12.1 Å². The molecule has 0 saturated heterocycles. The lowest BCUT2D eigenvalue weighted by Gasteiger charge is -2.32. The van der Waals surface area contributed by atoms with Crippen molar-refractivity contribution in [2.24, 2.45) is 16.6 Å². The van der Waals surface area contributed by atoms with E-state index in [9.17, 15) is 0 Å². The lowest BCUT2D eigenvalue weighted by Crippen LogP contribution is -2.42. The average Bonchev–Trinajstić information content (AvgIpc) is 3.59. The molecule has 0 spiro atoms. The maximum absolute atomic E-state index is 6.92. The van der Waals surface area contributed by atoms with Crippen molar-refractivity contribution in [3.8, 4) is 0 Å². The second-order valence-electron chi connectivity index (χ2n) is 9.08. The summed E-state index contributed by atoms with van der Waals surface area (Å²) in [6.45, 7) is 15.8. The molecule has 2 atom stereocenters. The van der Waals surface area contributed by atoms with Gasteiger partial charge in [0.2, 0.25) is 5.88 Å². The summed E-state index contributed by atoms with van der Waals surface area (Å²) in [5, 5.41) is 6.92. The van der Waals surface area contributed by atoms with Gasteiger partial charge >= 0.3 is 0 Å². The minimum absolute atomic E-state index is 0.0927. The lowest BCUT2D eigenvalue weighted by atomic mass is 10.1. The Kier molecular flexibility index (Phi) is 14.5. The largest absolute Gasteiger partial charge is 0.478 e. The van der Waals surface area contributed by atoms with Gasteiger partial charge in [0.05, 0.1) is 12.1 Å². The molecule has 0 radical (unpaired) electrons. The number of aliphatic imine (C=N–C) groups is 1. The van der Waals surface area contributed by atoms with E-state index in [1.807, 2.05) is 45.0 Å². The topological polar surface area (TPSA) is 74.7 Å². The van der Waals surface area contributed by atoms with Crippen LogP contribution in [0.2, 0.25) is 0 Å². The van der Waals surface area contributed by atoms with Gasteiger partial charge in [0.25, 0.3) is 0 Å². The molecule has 1 aliphatic carbocycles. The van der Waals surface area contributed by atoms with Crippen molar-refractivity contribution in [3.63, 3.8) is 0 Å². The minimum Gasteiger partial charge on any atom is -0.478 e. The fraction of sp³-hybridized carbons (Fsp3) is 0.655. The lowest BCUT2D eigenvalue weighted by molar-refractivity contribution is 0.174. The van der Waals surface area contributed by atoms with E-state index in [1.165, 1.54) is 50.3 Å². The standard InChI is InChI=1S/C19H35N3O.C8H9N.C2H6/c1-4-7-8-9-10-13-23-17-15-19(14-16(19)18(20)21-17)22(11-5-2)12-6-3;1-7-3-2-4-8(5-7)6-9;1-2/h15-16H,4-14H2,1-3H3,(H2,20,21);2-6,9H,1H3;1-2H3. The van der Waals surface area contributed by atoms with Crippen molar-refractivity contribution >= 4 is 12.1 Å². The third kappa shape index (κ3) is 9.25. The van der Waals surface area contributed by atoms with Gasteiger partial charge in [-0.2, -0.15) is 0 Å². The van der Waals surface area contributed by atoms with E-state index in [0.29, 0.717) is 5.92 Å². The van der Waals surface area contributed by atoms with Crippen LogP contribution in [-0.4, -0.2) is 42.2 Å². The van der Waals surface area contributed by atoms with Crippen LogP contribution in [0.3, 0.4) is 0 Å². The third-order valence-corrected chi connectivity index (χ3v) is 6.23. The van der Waals surface area contributed by atoms with Crippen LogP contribution >= 0.6 is 0 Å². The Labute approximate surface area is 209 Å². The predicted octanol–water partition coefficient (Wildman–Crippen LogP) is 7.09. The second-order valence-corrected chi connectivity index (χ2v) is 9.08. The molecule has 1 heterocycles. The van der Waals surface area contributed by atoms with E-state index < -0.39 is 0 Å².